The van der Waals surface area contributed by atoms with E-state index in [9.17, 15) is 33.6 Å². The molecule has 0 radical (unpaired) electrons. The van der Waals surface area contributed by atoms with Crippen LogP contribution in [0, 0.1) is 63.2 Å². The van der Waals surface area contributed by atoms with Gasteiger partial charge in [-0.3, -0.25) is 51.9 Å². The van der Waals surface area contributed by atoms with Crippen LogP contribution < -0.4 is 42.9 Å². The number of carbonyl (C=O) groups is 3. The van der Waals surface area contributed by atoms with Crippen molar-refractivity contribution in [2.75, 3.05) is 7.11 Å². The molecule has 0 unspecified atom stereocenters. The van der Waals surface area contributed by atoms with E-state index in [1.807, 2.05) is 123 Å². The molecule has 0 fully saturated rings. The SMILES string of the molecule is COc1ncc(C#Cc2cccc3nc([C@H](C)NC(=O)c4c(C)nn5cccnc45)n(-c4ccccc4)c(=O)c23)cn1.Cc1nn(C)cc1C#Cc1cccc2nc([C@H](C)NC(=O)c3c(C)nn4cccnc34)n(-c3ccccc3)c(=O)c12.Cc1nn2cccnc2c1C(=O)N[C@@H](C)c1nc2cccc(C#Cc3ccc(=O)n(C)c3)c2c(=O)n1-c1ccccc1. The van der Waals surface area contributed by atoms with Crippen LogP contribution in [0.1, 0.15) is 144 Å². The number of fused-ring (bicyclic) bond motifs is 6. The highest BCUT2D eigenvalue weighted by atomic mass is 16.5. The summed E-state index contributed by atoms with van der Waals surface area (Å²) in [4.78, 5) is 131. The number of methoxy groups -OCH3 is 1. The molecule has 3 N–H and O–H groups in total. The van der Waals surface area contributed by atoms with Crippen LogP contribution in [0.25, 0.3) is 66.7 Å². The average molecular weight is 1650 g/mol. The number of nitrogens with one attached hydrogen (secondary N) is 3. The molecule has 3 amide bonds. The van der Waals surface area contributed by atoms with Gasteiger partial charge in [-0.05, 0) is 146 Å². The van der Waals surface area contributed by atoms with Crippen LogP contribution in [0.3, 0.4) is 0 Å². The fourth-order valence-corrected chi connectivity index (χ4v) is 14.5. The van der Waals surface area contributed by atoms with Crippen molar-refractivity contribution in [2.45, 2.75) is 66.6 Å². The predicted molar refractivity (Wildman–Crippen MR) is 469 cm³/mol. The van der Waals surface area contributed by atoms with E-state index in [1.165, 1.54) is 31.4 Å². The second kappa shape index (κ2) is 35.0. The van der Waals surface area contributed by atoms with Crippen LogP contribution >= 0.6 is 0 Å². The van der Waals surface area contributed by atoms with Gasteiger partial charge in [-0.1, -0.05) is 108 Å². The smallest absolute Gasteiger partial charge is 0.316 e. The lowest BCUT2D eigenvalue weighted by Gasteiger charge is -2.20. The predicted octanol–water partition coefficient (Wildman–Crippen LogP) is 10.4. The summed E-state index contributed by atoms with van der Waals surface area (Å²) >= 11 is 0. The molecule has 31 heteroatoms. The zero-order valence-electron chi connectivity index (χ0n) is 69.0. The Morgan fingerprint density at radius 2 is 0.728 bits per heavy atom. The molecule has 18 aromatic rings. The summed E-state index contributed by atoms with van der Waals surface area (Å²) < 4.78 is 17.4. The fourth-order valence-electron chi connectivity index (χ4n) is 14.5. The van der Waals surface area contributed by atoms with Gasteiger partial charge in [0.1, 0.15) is 34.2 Å². The first-order valence-electron chi connectivity index (χ1n) is 39.3. The van der Waals surface area contributed by atoms with Gasteiger partial charge in [0.25, 0.3) is 34.4 Å². The van der Waals surface area contributed by atoms with Gasteiger partial charge in [-0.15, -0.1) is 0 Å². The lowest BCUT2D eigenvalue weighted by atomic mass is 10.1. The Hall–Kier alpha value is -17.3. The van der Waals surface area contributed by atoms with E-state index in [0.29, 0.717) is 146 Å². The van der Waals surface area contributed by atoms with E-state index in [4.69, 9.17) is 19.7 Å². The van der Waals surface area contributed by atoms with Crippen LogP contribution in [-0.2, 0) is 14.1 Å². The van der Waals surface area contributed by atoms with Crippen LogP contribution in [0.15, 0.2) is 257 Å². The summed E-state index contributed by atoms with van der Waals surface area (Å²) in [5, 5.41) is 27.6. The first-order chi connectivity index (χ1) is 60.6. The Bertz CT molecular complexity index is 7790. The van der Waals surface area contributed by atoms with E-state index in [2.05, 4.69) is 96.8 Å². The molecule has 12 aromatic heterocycles. The van der Waals surface area contributed by atoms with Crippen molar-refractivity contribution in [3.63, 3.8) is 0 Å². The average Bonchev–Trinajstić information content (AvgIpc) is 1.31. The van der Waals surface area contributed by atoms with E-state index >= 15 is 0 Å². The van der Waals surface area contributed by atoms with E-state index < -0.39 is 18.1 Å². The van der Waals surface area contributed by atoms with Gasteiger partial charge in [0.15, 0.2) is 16.9 Å². The van der Waals surface area contributed by atoms with Crippen LogP contribution in [-0.4, -0.2) is 122 Å². The van der Waals surface area contributed by atoms with Crippen molar-refractivity contribution in [3.8, 4) is 58.6 Å². The first-order valence-corrected chi connectivity index (χ1v) is 39.3. The van der Waals surface area contributed by atoms with Crippen molar-refractivity contribution >= 4 is 67.4 Å². The summed E-state index contributed by atoms with van der Waals surface area (Å²) in [5.74, 6) is 18.5. The highest BCUT2D eigenvalue weighted by Gasteiger charge is 2.29. The van der Waals surface area contributed by atoms with Gasteiger partial charge in [0.2, 0.25) is 5.56 Å². The minimum atomic E-state index is -0.659. The Balaban J connectivity index is 0.000000138. The molecule has 6 aromatic carbocycles. The van der Waals surface area contributed by atoms with Gasteiger partial charge < -0.3 is 25.3 Å². The molecular weight excluding hydrogens is 1580 g/mol. The topological polar surface area (TPSA) is 357 Å². The summed E-state index contributed by atoms with van der Waals surface area (Å²) in [7, 11) is 4.98. The molecule has 0 bridgehead atoms. The number of rotatable bonds is 13. The normalized spacial score (nSPS) is 11.7. The zero-order valence-corrected chi connectivity index (χ0v) is 69.0. The van der Waals surface area contributed by atoms with Gasteiger partial charge in [-0.25, -0.2) is 53.4 Å². The standard InChI is InChI=1S/C32H25N7O3.C31H24N8O3.C31H26N8O2/c1-20-27(30-33-17-8-18-38(30)36-20)31(41)34-21(2)29-35-25-12-7-9-23(15-13-22-14-16-26(40)37(3)19-22)28(25)32(42)39(29)24-10-5-4-6-11-24;1-19-25(28-32-15-8-16-38(28)37-19)29(40)35-20(2)27-36-24-12-7-9-22(14-13-21-17-33-31(42-3)34-18-21)26(24)30(41)39(27)23-10-5-4-6-11-23;1-19-23(18-37(4)35-19)15-14-22-10-8-13-25-27(22)31(41)39(24-11-6-5-7-12-24)28(34-25)21(3)33-30(40)26-20(2)36-38-17-9-16-32-29(26)38/h4-12,14,16-19,21H,1-3H3,(H,34,41);4-12,15-18,20H,1-3H3,(H,35,40);5-13,16-18,21H,1-4H3,(H,33,40)/t21-;20-;21-/m000/s1. The molecule has 0 saturated carbocycles. The molecule has 125 heavy (non-hydrogen) atoms. The van der Waals surface area contributed by atoms with Crippen molar-refractivity contribution < 1.29 is 19.1 Å². The van der Waals surface area contributed by atoms with Gasteiger partial charge in [0, 0.05) is 104 Å². The third kappa shape index (κ3) is 16.6. The largest absolute Gasteiger partial charge is 0.467 e. The highest BCUT2D eigenvalue weighted by Crippen LogP contribution is 2.28. The zero-order chi connectivity index (χ0) is 87.3. The number of carbonyl (C=O) groups excluding carboxylic acids is 3. The summed E-state index contributed by atoms with van der Waals surface area (Å²) in [6, 6.07) is 50.2. The maximum atomic E-state index is 14.2. The van der Waals surface area contributed by atoms with Crippen LogP contribution in [0.2, 0.25) is 0 Å². The summed E-state index contributed by atoms with van der Waals surface area (Å²) in [6.45, 7) is 12.5. The van der Waals surface area contributed by atoms with Crippen molar-refractivity contribution in [2.24, 2.45) is 14.1 Å². The number of aryl methyl sites for hydroxylation is 6. The molecule has 0 saturated heterocycles. The molecule has 31 nitrogen and oxygen atoms in total. The van der Waals surface area contributed by atoms with Crippen molar-refractivity contribution in [3.05, 3.63) is 370 Å². The first kappa shape index (κ1) is 81.5. The number of benzene rings is 6. The monoisotopic (exact) mass is 1650 g/mol. The Morgan fingerprint density at radius 3 is 1.07 bits per heavy atom. The third-order valence-electron chi connectivity index (χ3n) is 20.3. The number of hydrogen-bond donors (Lipinski definition) is 3. The molecular formula is C94H75N23O8. The van der Waals surface area contributed by atoms with Crippen molar-refractivity contribution in [1.29, 1.82) is 0 Å². The summed E-state index contributed by atoms with van der Waals surface area (Å²) in [6.07, 6.45) is 16.6. The highest BCUT2D eigenvalue weighted by molar-refractivity contribution is 6.03. The molecule has 18 rings (SSSR count). The molecule has 0 aliphatic heterocycles. The number of nitrogens with zero attached hydrogens (tertiary/aromatic N) is 20. The Morgan fingerprint density at radius 1 is 0.376 bits per heavy atom. The molecule has 0 spiro atoms. The minimum absolute atomic E-state index is 0.137. The number of pyridine rings is 1. The van der Waals surface area contributed by atoms with Crippen LogP contribution in [0.4, 0.5) is 0 Å². The molecule has 0 aliphatic rings. The minimum Gasteiger partial charge on any atom is -0.467 e. The maximum Gasteiger partial charge on any atom is 0.316 e. The molecule has 614 valence electrons. The van der Waals surface area contributed by atoms with Crippen molar-refractivity contribution in [1.82, 2.24) is 113 Å². The number of amides is 3. The summed E-state index contributed by atoms with van der Waals surface area (Å²) in [5.41, 5.74) is 10.6. The quantitative estimate of drug-likeness (QED) is 0.0903. The fraction of sp³-hybridized carbons (Fsp3) is 0.138. The number of para-hydroxylation sites is 3. The number of hydrogen-bond acceptors (Lipinski definition) is 20. The second-order valence-electron chi connectivity index (χ2n) is 28.9. The number of aromatic nitrogens is 20. The Labute approximate surface area is 711 Å². The van der Waals surface area contributed by atoms with E-state index in [1.54, 1.807) is 189 Å². The second-order valence-corrected chi connectivity index (χ2v) is 28.9. The third-order valence-corrected chi connectivity index (χ3v) is 20.3. The maximum absolute atomic E-state index is 14.2. The van der Waals surface area contributed by atoms with E-state index in [-0.39, 0.29) is 46.0 Å². The van der Waals surface area contributed by atoms with Gasteiger partial charge >= 0.3 is 6.01 Å². The number of ether oxygens (including phenoxy) is 1. The van der Waals surface area contributed by atoms with Gasteiger partial charge in [-0.2, -0.15) is 20.4 Å². The molecule has 0 aliphatic carbocycles. The lowest BCUT2D eigenvalue weighted by Crippen LogP contribution is -2.33. The van der Waals surface area contributed by atoms with Crippen LogP contribution in [0.5, 0.6) is 6.01 Å². The molecule has 3 atom stereocenters. The van der Waals surface area contributed by atoms with Gasteiger partial charge in [0.05, 0.1) is 109 Å². The Kier molecular flexibility index (Phi) is 22.8. The lowest BCUT2D eigenvalue weighted by molar-refractivity contribution is 0.0930. The molecule has 12 heterocycles. The van der Waals surface area contributed by atoms with E-state index in [0.717, 1.165) is 11.3 Å².